The Bertz CT molecular complexity index is 701. The second kappa shape index (κ2) is 6.87. The number of aryl methyl sites for hydroxylation is 3. The molecule has 1 unspecified atom stereocenters. The van der Waals surface area contributed by atoms with Gasteiger partial charge in [0.1, 0.15) is 0 Å². The highest BCUT2D eigenvalue weighted by atomic mass is 16.3. The number of aromatic nitrogens is 4. The third kappa shape index (κ3) is 4.13. The van der Waals surface area contributed by atoms with Crippen molar-refractivity contribution in [2.75, 3.05) is 6.54 Å². The van der Waals surface area contributed by atoms with Crippen molar-refractivity contribution in [2.45, 2.75) is 47.1 Å². The van der Waals surface area contributed by atoms with Crippen LogP contribution >= 0.6 is 0 Å². The van der Waals surface area contributed by atoms with Gasteiger partial charge in [-0.1, -0.05) is 0 Å². The molecule has 2 aromatic rings. The van der Waals surface area contributed by atoms with Crippen LogP contribution in [0.1, 0.15) is 35.3 Å². The minimum Gasteiger partial charge on any atom is -0.392 e. The molecule has 0 radical (unpaired) electrons. The van der Waals surface area contributed by atoms with Crippen molar-refractivity contribution in [3.8, 4) is 5.95 Å². The van der Waals surface area contributed by atoms with Gasteiger partial charge in [0, 0.05) is 29.2 Å². The topological polar surface area (TPSA) is 92.9 Å². The SMILES string of the molecule is Cc1cc(C)nc(-n2nc(C)c(CC(=O)NCC(C)O)c2C)n1. The number of aliphatic hydroxyl groups is 1. The number of carbonyl (C=O) groups excluding carboxylic acids is 1. The molecule has 0 saturated carbocycles. The Morgan fingerprint density at radius 2 is 1.87 bits per heavy atom. The molecule has 2 N–H and O–H groups in total. The summed E-state index contributed by atoms with van der Waals surface area (Å²) in [6.07, 6.45) is -0.345. The summed E-state index contributed by atoms with van der Waals surface area (Å²) in [5.41, 5.74) is 4.22. The molecule has 1 atom stereocenters. The van der Waals surface area contributed by atoms with E-state index in [1.165, 1.54) is 0 Å². The van der Waals surface area contributed by atoms with E-state index in [-0.39, 0.29) is 18.9 Å². The van der Waals surface area contributed by atoms with Gasteiger partial charge in [0.2, 0.25) is 5.91 Å². The summed E-state index contributed by atoms with van der Waals surface area (Å²) < 4.78 is 1.67. The van der Waals surface area contributed by atoms with Crippen LogP contribution in [-0.2, 0) is 11.2 Å². The smallest absolute Gasteiger partial charge is 0.251 e. The molecule has 7 nitrogen and oxygen atoms in total. The summed E-state index contributed by atoms with van der Waals surface area (Å²) in [7, 11) is 0. The van der Waals surface area contributed by atoms with Crippen molar-refractivity contribution in [1.29, 1.82) is 0 Å². The number of amides is 1. The van der Waals surface area contributed by atoms with E-state index in [1.807, 2.05) is 33.8 Å². The van der Waals surface area contributed by atoms with E-state index >= 15 is 0 Å². The number of nitrogens with zero attached hydrogens (tertiary/aromatic N) is 4. The highest BCUT2D eigenvalue weighted by molar-refractivity contribution is 5.79. The molecular weight excluding hydrogens is 294 g/mol. The first kappa shape index (κ1) is 17.1. The molecule has 2 rings (SSSR count). The van der Waals surface area contributed by atoms with Crippen LogP contribution in [-0.4, -0.2) is 43.4 Å². The molecule has 0 saturated heterocycles. The Morgan fingerprint density at radius 1 is 1.26 bits per heavy atom. The van der Waals surface area contributed by atoms with E-state index in [9.17, 15) is 9.90 Å². The fourth-order valence-electron chi connectivity index (χ4n) is 2.41. The summed E-state index contributed by atoms with van der Waals surface area (Å²) in [6, 6.07) is 1.90. The molecule has 0 fully saturated rings. The molecule has 2 aromatic heterocycles. The van der Waals surface area contributed by atoms with Crippen LogP contribution in [0.2, 0.25) is 0 Å². The minimum atomic E-state index is -0.562. The second-order valence-electron chi connectivity index (χ2n) is 5.84. The number of aliphatic hydroxyl groups excluding tert-OH is 1. The number of carbonyl (C=O) groups is 1. The van der Waals surface area contributed by atoms with Gasteiger partial charge in [-0.3, -0.25) is 4.79 Å². The van der Waals surface area contributed by atoms with Crippen LogP contribution in [0.5, 0.6) is 0 Å². The third-order valence-corrected chi connectivity index (χ3v) is 3.53. The zero-order chi connectivity index (χ0) is 17.1. The van der Waals surface area contributed by atoms with Gasteiger partial charge < -0.3 is 10.4 Å². The lowest BCUT2D eigenvalue weighted by molar-refractivity contribution is -0.120. The highest BCUT2D eigenvalue weighted by Gasteiger charge is 2.17. The maximum atomic E-state index is 12.0. The van der Waals surface area contributed by atoms with E-state index in [0.29, 0.717) is 5.95 Å². The normalized spacial score (nSPS) is 12.3. The second-order valence-corrected chi connectivity index (χ2v) is 5.84. The highest BCUT2D eigenvalue weighted by Crippen LogP contribution is 2.17. The van der Waals surface area contributed by atoms with Crippen molar-refractivity contribution in [3.05, 3.63) is 34.4 Å². The summed E-state index contributed by atoms with van der Waals surface area (Å²) in [6.45, 7) is 9.46. The van der Waals surface area contributed by atoms with E-state index in [1.54, 1.807) is 11.6 Å². The number of hydrogen-bond donors (Lipinski definition) is 2. The molecule has 23 heavy (non-hydrogen) atoms. The van der Waals surface area contributed by atoms with Crippen molar-refractivity contribution in [3.63, 3.8) is 0 Å². The third-order valence-electron chi connectivity index (χ3n) is 3.53. The van der Waals surface area contributed by atoms with Gasteiger partial charge in [0.15, 0.2) is 0 Å². The Balaban J connectivity index is 2.27. The predicted octanol–water partition coefficient (Wildman–Crippen LogP) is 0.935. The van der Waals surface area contributed by atoms with Crippen LogP contribution < -0.4 is 5.32 Å². The monoisotopic (exact) mass is 317 g/mol. The average molecular weight is 317 g/mol. The standard InChI is InChI=1S/C16H23N5O2/c1-9-6-10(2)19-16(18-9)21-13(5)14(12(4)20-21)7-15(23)17-8-11(3)22/h6,11,22H,7-8H2,1-5H3,(H,17,23). The maximum absolute atomic E-state index is 12.0. The molecule has 0 aliphatic rings. The van der Waals surface area contributed by atoms with Crippen molar-refractivity contribution in [2.24, 2.45) is 0 Å². The van der Waals surface area contributed by atoms with Crippen molar-refractivity contribution >= 4 is 5.91 Å². The van der Waals surface area contributed by atoms with E-state index in [0.717, 1.165) is 28.3 Å². The van der Waals surface area contributed by atoms with Gasteiger partial charge in [0.25, 0.3) is 5.95 Å². The van der Waals surface area contributed by atoms with Gasteiger partial charge in [0.05, 0.1) is 18.2 Å². The lowest BCUT2D eigenvalue weighted by atomic mass is 10.1. The Morgan fingerprint density at radius 3 is 2.43 bits per heavy atom. The molecule has 7 heteroatoms. The lowest BCUT2D eigenvalue weighted by Gasteiger charge is -2.08. The summed E-state index contributed by atoms with van der Waals surface area (Å²) in [5, 5.41) is 16.4. The van der Waals surface area contributed by atoms with Gasteiger partial charge in [-0.25, -0.2) is 14.6 Å². The summed E-state index contributed by atoms with van der Waals surface area (Å²) in [5.74, 6) is 0.372. The molecule has 0 bridgehead atoms. The van der Waals surface area contributed by atoms with Gasteiger partial charge >= 0.3 is 0 Å². The van der Waals surface area contributed by atoms with Crippen molar-refractivity contribution in [1.82, 2.24) is 25.1 Å². The molecule has 2 heterocycles. The Labute approximate surface area is 135 Å². The lowest BCUT2D eigenvalue weighted by Crippen LogP contribution is -2.31. The molecule has 0 spiro atoms. The Hall–Kier alpha value is -2.28. The van der Waals surface area contributed by atoms with Gasteiger partial charge in [-0.15, -0.1) is 0 Å². The summed E-state index contributed by atoms with van der Waals surface area (Å²) in [4.78, 5) is 20.8. The van der Waals surface area contributed by atoms with Crippen LogP contribution in [0.3, 0.4) is 0 Å². The summed E-state index contributed by atoms with van der Waals surface area (Å²) >= 11 is 0. The Kier molecular flexibility index (Phi) is 5.10. The number of rotatable bonds is 5. The number of nitrogens with one attached hydrogen (secondary N) is 1. The van der Waals surface area contributed by atoms with E-state index < -0.39 is 6.10 Å². The minimum absolute atomic E-state index is 0.141. The zero-order valence-corrected chi connectivity index (χ0v) is 14.2. The predicted molar refractivity (Wildman–Crippen MR) is 86.5 cm³/mol. The first-order valence-electron chi connectivity index (χ1n) is 7.60. The largest absolute Gasteiger partial charge is 0.392 e. The van der Waals surface area contributed by atoms with Crippen molar-refractivity contribution < 1.29 is 9.90 Å². The van der Waals surface area contributed by atoms with E-state index in [4.69, 9.17) is 0 Å². The average Bonchev–Trinajstić information content (AvgIpc) is 2.72. The maximum Gasteiger partial charge on any atom is 0.251 e. The fourth-order valence-corrected chi connectivity index (χ4v) is 2.41. The molecule has 124 valence electrons. The molecule has 0 aliphatic heterocycles. The van der Waals surface area contributed by atoms with Crippen LogP contribution in [0.25, 0.3) is 5.95 Å². The van der Waals surface area contributed by atoms with Crippen LogP contribution in [0, 0.1) is 27.7 Å². The van der Waals surface area contributed by atoms with Crippen LogP contribution in [0.15, 0.2) is 6.07 Å². The molecule has 0 aromatic carbocycles. The quantitative estimate of drug-likeness (QED) is 0.856. The van der Waals surface area contributed by atoms with E-state index in [2.05, 4.69) is 20.4 Å². The van der Waals surface area contributed by atoms with Crippen LogP contribution in [0.4, 0.5) is 0 Å². The first-order valence-corrected chi connectivity index (χ1v) is 7.60. The number of hydrogen-bond acceptors (Lipinski definition) is 5. The van der Waals surface area contributed by atoms with Gasteiger partial charge in [-0.2, -0.15) is 5.10 Å². The van der Waals surface area contributed by atoms with Gasteiger partial charge in [-0.05, 0) is 40.7 Å². The zero-order valence-electron chi connectivity index (χ0n) is 14.2. The fraction of sp³-hybridized carbons (Fsp3) is 0.500. The molecule has 1 amide bonds. The first-order chi connectivity index (χ1) is 10.8. The molecular formula is C16H23N5O2. The molecule has 0 aliphatic carbocycles.